The minimum absolute atomic E-state index is 0.000447. The van der Waals surface area contributed by atoms with E-state index in [4.69, 9.17) is 21.1 Å². The highest BCUT2D eigenvalue weighted by atomic mass is 35.5. The standard InChI is InChI=1S/C14H13ClFNO3/c1-3-20-14(18)12-10(11(16)13(15)17-12)8-4-6-9(19-2)7-5-8/h4-7,17H,3H2,1-2H3. The van der Waals surface area contributed by atoms with Crippen molar-refractivity contribution in [3.05, 3.63) is 40.9 Å². The first kappa shape index (κ1) is 14.4. The molecule has 0 aliphatic heterocycles. The molecule has 1 aromatic carbocycles. The van der Waals surface area contributed by atoms with Crippen LogP contribution in [0.15, 0.2) is 24.3 Å². The van der Waals surface area contributed by atoms with Crippen LogP contribution < -0.4 is 4.74 Å². The summed E-state index contributed by atoms with van der Waals surface area (Å²) in [5.74, 6) is -0.697. The second-order valence-corrected chi connectivity index (χ2v) is 4.33. The lowest BCUT2D eigenvalue weighted by Crippen LogP contribution is -2.06. The molecule has 0 amide bonds. The van der Waals surface area contributed by atoms with Gasteiger partial charge in [-0.15, -0.1) is 0 Å². The van der Waals surface area contributed by atoms with Crippen molar-refractivity contribution >= 4 is 17.6 Å². The van der Waals surface area contributed by atoms with E-state index in [2.05, 4.69) is 4.98 Å². The summed E-state index contributed by atoms with van der Waals surface area (Å²) in [6.45, 7) is 1.87. The normalized spacial score (nSPS) is 10.4. The maximum Gasteiger partial charge on any atom is 0.355 e. The van der Waals surface area contributed by atoms with Crippen molar-refractivity contribution in [1.82, 2.24) is 4.98 Å². The Hall–Kier alpha value is -2.01. The van der Waals surface area contributed by atoms with E-state index in [0.717, 1.165) is 0 Å². The van der Waals surface area contributed by atoms with Crippen LogP contribution >= 0.6 is 11.6 Å². The molecule has 4 nitrogen and oxygen atoms in total. The second-order valence-electron chi connectivity index (χ2n) is 3.95. The number of rotatable bonds is 4. The number of methoxy groups -OCH3 is 1. The molecule has 2 rings (SSSR count). The Balaban J connectivity index is 2.51. The largest absolute Gasteiger partial charge is 0.497 e. The third-order valence-electron chi connectivity index (χ3n) is 2.76. The maximum absolute atomic E-state index is 14.1. The van der Waals surface area contributed by atoms with E-state index in [1.54, 1.807) is 31.2 Å². The summed E-state index contributed by atoms with van der Waals surface area (Å²) in [5.41, 5.74) is 0.602. The average Bonchev–Trinajstić information content (AvgIpc) is 2.75. The molecule has 20 heavy (non-hydrogen) atoms. The molecule has 0 spiro atoms. The van der Waals surface area contributed by atoms with Gasteiger partial charge >= 0.3 is 5.97 Å². The van der Waals surface area contributed by atoms with Gasteiger partial charge in [0, 0.05) is 0 Å². The van der Waals surface area contributed by atoms with Crippen LogP contribution in [0, 0.1) is 5.82 Å². The van der Waals surface area contributed by atoms with Gasteiger partial charge in [0.25, 0.3) is 0 Å². The van der Waals surface area contributed by atoms with Crippen LogP contribution in [-0.4, -0.2) is 24.7 Å². The molecule has 0 fully saturated rings. The van der Waals surface area contributed by atoms with Crippen molar-refractivity contribution in [2.75, 3.05) is 13.7 Å². The number of H-pyrrole nitrogens is 1. The first-order chi connectivity index (χ1) is 9.58. The van der Waals surface area contributed by atoms with Crippen LogP contribution in [0.25, 0.3) is 11.1 Å². The molecule has 0 atom stereocenters. The van der Waals surface area contributed by atoms with Gasteiger partial charge in [-0.05, 0) is 24.6 Å². The third-order valence-corrected chi connectivity index (χ3v) is 3.02. The van der Waals surface area contributed by atoms with Gasteiger partial charge < -0.3 is 14.5 Å². The lowest BCUT2D eigenvalue weighted by molar-refractivity contribution is 0.0521. The number of hydrogen-bond donors (Lipinski definition) is 1. The average molecular weight is 298 g/mol. The topological polar surface area (TPSA) is 51.3 Å². The number of ether oxygens (including phenoxy) is 2. The van der Waals surface area contributed by atoms with Crippen molar-refractivity contribution in [2.24, 2.45) is 0 Å². The zero-order valence-electron chi connectivity index (χ0n) is 11.0. The molecule has 6 heteroatoms. The van der Waals surface area contributed by atoms with Crippen LogP contribution in [0.4, 0.5) is 4.39 Å². The van der Waals surface area contributed by atoms with Crippen molar-refractivity contribution in [3.8, 4) is 16.9 Å². The molecule has 0 aliphatic carbocycles. The zero-order valence-corrected chi connectivity index (χ0v) is 11.8. The number of aromatic nitrogens is 1. The van der Waals surface area contributed by atoms with E-state index >= 15 is 0 Å². The molecule has 0 unspecified atom stereocenters. The first-order valence-corrected chi connectivity index (χ1v) is 6.34. The summed E-state index contributed by atoms with van der Waals surface area (Å²) in [7, 11) is 1.53. The molecule has 0 saturated heterocycles. The molecule has 0 bridgehead atoms. The second kappa shape index (κ2) is 5.96. The first-order valence-electron chi connectivity index (χ1n) is 5.97. The fourth-order valence-electron chi connectivity index (χ4n) is 1.83. The summed E-state index contributed by atoms with van der Waals surface area (Å²) in [6.07, 6.45) is 0. The molecule has 1 heterocycles. The summed E-state index contributed by atoms with van der Waals surface area (Å²) >= 11 is 5.72. The number of halogens is 2. The van der Waals surface area contributed by atoms with Crippen molar-refractivity contribution in [3.63, 3.8) is 0 Å². The molecule has 106 valence electrons. The Morgan fingerprint density at radius 1 is 1.35 bits per heavy atom. The van der Waals surface area contributed by atoms with E-state index in [0.29, 0.717) is 11.3 Å². The lowest BCUT2D eigenvalue weighted by atomic mass is 10.1. The summed E-state index contributed by atoms with van der Waals surface area (Å²) < 4.78 is 24.0. The highest BCUT2D eigenvalue weighted by molar-refractivity contribution is 6.30. The third kappa shape index (κ3) is 2.63. The fraction of sp³-hybridized carbons (Fsp3) is 0.214. The van der Waals surface area contributed by atoms with Gasteiger partial charge in [0.15, 0.2) is 5.82 Å². The van der Waals surface area contributed by atoms with Gasteiger partial charge in [0.1, 0.15) is 16.6 Å². The van der Waals surface area contributed by atoms with Crippen LogP contribution in [0.3, 0.4) is 0 Å². The minimum Gasteiger partial charge on any atom is -0.497 e. The van der Waals surface area contributed by atoms with Crippen molar-refractivity contribution in [1.29, 1.82) is 0 Å². The number of carbonyl (C=O) groups excluding carboxylic acids is 1. The van der Waals surface area contributed by atoms with Crippen LogP contribution in [-0.2, 0) is 4.74 Å². The van der Waals surface area contributed by atoms with Gasteiger partial charge in [0.2, 0.25) is 0 Å². The van der Waals surface area contributed by atoms with Gasteiger partial charge in [-0.1, -0.05) is 23.7 Å². The summed E-state index contributed by atoms with van der Waals surface area (Å²) in [6, 6.07) is 6.63. The molecule has 0 radical (unpaired) electrons. The molecular weight excluding hydrogens is 285 g/mol. The predicted octanol–water partition coefficient (Wildman–Crippen LogP) is 3.66. The monoisotopic (exact) mass is 297 g/mol. The number of nitrogens with one attached hydrogen (secondary N) is 1. The van der Waals surface area contributed by atoms with Gasteiger partial charge in [0.05, 0.1) is 19.3 Å². The number of aromatic amines is 1. The van der Waals surface area contributed by atoms with Gasteiger partial charge in [-0.3, -0.25) is 0 Å². The molecule has 0 aliphatic rings. The zero-order chi connectivity index (χ0) is 14.7. The molecule has 2 aromatic rings. The van der Waals surface area contributed by atoms with E-state index in [1.807, 2.05) is 0 Å². The van der Waals surface area contributed by atoms with E-state index in [-0.39, 0.29) is 23.0 Å². The predicted molar refractivity (Wildman–Crippen MR) is 73.7 cm³/mol. The summed E-state index contributed by atoms with van der Waals surface area (Å²) in [5, 5.41) is -0.223. The highest BCUT2D eigenvalue weighted by Crippen LogP contribution is 2.32. The number of hydrogen-bond acceptors (Lipinski definition) is 3. The fourth-order valence-corrected chi connectivity index (χ4v) is 2.02. The Morgan fingerprint density at radius 2 is 2.00 bits per heavy atom. The van der Waals surface area contributed by atoms with Crippen molar-refractivity contribution < 1.29 is 18.7 Å². The van der Waals surface area contributed by atoms with Crippen molar-refractivity contribution in [2.45, 2.75) is 6.92 Å². The number of esters is 1. The quantitative estimate of drug-likeness (QED) is 0.876. The molecular formula is C14H13ClFNO3. The number of carbonyl (C=O) groups is 1. The Kier molecular flexibility index (Phi) is 4.29. The molecule has 1 N–H and O–H groups in total. The lowest BCUT2D eigenvalue weighted by Gasteiger charge is -2.05. The number of benzene rings is 1. The SMILES string of the molecule is CCOC(=O)c1[nH]c(Cl)c(F)c1-c1ccc(OC)cc1. The van der Waals surface area contributed by atoms with Crippen LogP contribution in [0.2, 0.25) is 5.15 Å². The Bertz CT molecular complexity index is 622. The Morgan fingerprint density at radius 3 is 2.55 bits per heavy atom. The van der Waals surface area contributed by atoms with E-state index in [9.17, 15) is 9.18 Å². The summed E-state index contributed by atoms with van der Waals surface area (Å²) in [4.78, 5) is 14.3. The maximum atomic E-state index is 14.1. The van der Waals surface area contributed by atoms with Crippen LogP contribution in [0.5, 0.6) is 5.75 Å². The molecule has 1 aromatic heterocycles. The van der Waals surface area contributed by atoms with Gasteiger partial charge in [-0.25, -0.2) is 9.18 Å². The molecule has 0 saturated carbocycles. The highest BCUT2D eigenvalue weighted by Gasteiger charge is 2.23. The Labute approximate surface area is 120 Å². The van der Waals surface area contributed by atoms with E-state index < -0.39 is 11.8 Å². The van der Waals surface area contributed by atoms with Crippen LogP contribution in [0.1, 0.15) is 17.4 Å². The smallest absolute Gasteiger partial charge is 0.355 e. The van der Waals surface area contributed by atoms with E-state index in [1.165, 1.54) is 7.11 Å². The van der Waals surface area contributed by atoms with Gasteiger partial charge in [-0.2, -0.15) is 0 Å². The minimum atomic E-state index is -0.681.